The molecule has 6 heteroatoms. The molecule has 1 fully saturated rings. The van der Waals surface area contributed by atoms with Crippen LogP contribution in [0.2, 0.25) is 0 Å². The Morgan fingerprint density at radius 2 is 1.70 bits per heavy atom. The van der Waals surface area contributed by atoms with Gasteiger partial charge in [-0.3, -0.25) is 4.79 Å². The van der Waals surface area contributed by atoms with E-state index in [2.05, 4.69) is 33.2 Å². The number of nitrogens with zero attached hydrogens (tertiary/aromatic N) is 1. The number of nitrogens with one attached hydrogen (secondary N) is 1. The molecule has 0 saturated carbocycles. The van der Waals surface area contributed by atoms with E-state index in [9.17, 15) is 4.79 Å². The van der Waals surface area contributed by atoms with Gasteiger partial charge in [-0.25, -0.2) is 4.99 Å². The average Bonchev–Trinajstić information content (AvgIpc) is 3.09. The molecule has 1 aliphatic rings. The molecule has 0 aromatic heterocycles. The van der Waals surface area contributed by atoms with E-state index in [1.807, 2.05) is 54.6 Å². The highest BCUT2D eigenvalue weighted by Crippen LogP contribution is 2.29. The van der Waals surface area contributed by atoms with E-state index in [0.717, 1.165) is 34.5 Å². The van der Waals surface area contributed by atoms with Crippen molar-refractivity contribution in [3.63, 3.8) is 0 Å². The fourth-order valence-corrected chi connectivity index (χ4v) is 4.10. The Hall–Kier alpha value is -2.05. The summed E-state index contributed by atoms with van der Waals surface area (Å²) in [7, 11) is 0. The Kier molecular flexibility index (Phi) is 9.02. The lowest BCUT2D eigenvalue weighted by molar-refractivity contribution is -0.115. The summed E-state index contributed by atoms with van der Waals surface area (Å²) in [6.45, 7) is 2.98. The van der Waals surface area contributed by atoms with Gasteiger partial charge >= 0.3 is 0 Å². The second-order valence-electron chi connectivity index (χ2n) is 7.14. The van der Waals surface area contributed by atoms with Crippen LogP contribution in [0.4, 0.5) is 5.69 Å². The lowest BCUT2D eigenvalue weighted by Crippen LogP contribution is -2.19. The minimum Gasteiger partial charge on any atom is -0.494 e. The van der Waals surface area contributed by atoms with Crippen molar-refractivity contribution < 1.29 is 9.53 Å². The Morgan fingerprint density at radius 1 is 1.00 bits per heavy atom. The Morgan fingerprint density at radius 3 is 2.43 bits per heavy atom. The molecule has 1 heterocycles. The molecule has 1 N–H and O–H groups in total. The molecule has 0 spiro atoms. The normalized spacial score (nSPS) is 16.3. The third kappa shape index (κ3) is 7.33. The maximum absolute atomic E-state index is 12.3. The van der Waals surface area contributed by atoms with Crippen molar-refractivity contribution in [2.24, 2.45) is 4.99 Å². The molecule has 2 aromatic carbocycles. The minimum atomic E-state index is -0.126. The van der Waals surface area contributed by atoms with Crippen LogP contribution in [0.25, 0.3) is 6.08 Å². The number of carbonyl (C=O) groups excluding carboxylic acids is 1. The molecule has 1 saturated heterocycles. The van der Waals surface area contributed by atoms with Gasteiger partial charge in [0.25, 0.3) is 5.91 Å². The van der Waals surface area contributed by atoms with Crippen molar-refractivity contribution >= 4 is 50.5 Å². The second-order valence-corrected chi connectivity index (χ2v) is 9.09. The molecule has 158 valence electrons. The van der Waals surface area contributed by atoms with Gasteiger partial charge in [0.2, 0.25) is 0 Å². The van der Waals surface area contributed by atoms with Gasteiger partial charge in [0, 0.05) is 4.47 Å². The van der Waals surface area contributed by atoms with E-state index in [1.54, 1.807) is 0 Å². The Bertz CT molecular complexity index is 892. The van der Waals surface area contributed by atoms with E-state index >= 15 is 0 Å². The number of amidine groups is 1. The first kappa shape index (κ1) is 22.6. The van der Waals surface area contributed by atoms with Crippen LogP contribution < -0.4 is 10.1 Å². The number of benzene rings is 2. The zero-order valence-corrected chi connectivity index (χ0v) is 19.6. The van der Waals surface area contributed by atoms with Crippen molar-refractivity contribution in [1.29, 1.82) is 0 Å². The van der Waals surface area contributed by atoms with Crippen LogP contribution in [-0.4, -0.2) is 17.7 Å². The van der Waals surface area contributed by atoms with Gasteiger partial charge in [0.15, 0.2) is 5.17 Å². The quantitative estimate of drug-likeness (QED) is 0.288. The number of unbranched alkanes of at least 4 members (excludes halogenated alkanes) is 5. The molecule has 0 atom stereocenters. The van der Waals surface area contributed by atoms with Crippen LogP contribution in [0.3, 0.4) is 0 Å². The molecule has 0 radical (unpaired) electrons. The topological polar surface area (TPSA) is 50.7 Å². The smallest absolute Gasteiger partial charge is 0.264 e. The minimum absolute atomic E-state index is 0.126. The first-order valence-corrected chi connectivity index (χ1v) is 12.0. The molecule has 30 heavy (non-hydrogen) atoms. The zero-order valence-electron chi connectivity index (χ0n) is 17.2. The predicted octanol–water partition coefficient (Wildman–Crippen LogP) is 7.08. The number of amides is 1. The SMILES string of the molecule is CCCCCCCCOc1ccc(/C=C2\SC(=Nc3ccc(Br)cc3)NC2=O)cc1. The molecule has 3 rings (SSSR count). The molecule has 2 aromatic rings. The summed E-state index contributed by atoms with van der Waals surface area (Å²) in [5, 5.41) is 3.41. The summed E-state index contributed by atoms with van der Waals surface area (Å²) in [4.78, 5) is 17.4. The van der Waals surface area contributed by atoms with Crippen LogP contribution in [0.5, 0.6) is 5.75 Å². The third-order valence-electron chi connectivity index (χ3n) is 4.65. The second kappa shape index (κ2) is 12.0. The van der Waals surface area contributed by atoms with E-state index in [0.29, 0.717) is 10.1 Å². The van der Waals surface area contributed by atoms with Crippen molar-refractivity contribution in [3.05, 3.63) is 63.5 Å². The molecule has 0 bridgehead atoms. The maximum atomic E-state index is 12.3. The molecule has 0 unspecified atom stereocenters. The average molecular weight is 487 g/mol. The Labute approximate surface area is 191 Å². The highest BCUT2D eigenvalue weighted by molar-refractivity contribution is 9.10. The predicted molar refractivity (Wildman–Crippen MR) is 130 cm³/mol. The monoisotopic (exact) mass is 486 g/mol. The van der Waals surface area contributed by atoms with E-state index < -0.39 is 0 Å². The fraction of sp³-hybridized carbons (Fsp3) is 0.333. The van der Waals surface area contributed by atoms with Crippen LogP contribution in [0.15, 0.2) is 62.9 Å². The van der Waals surface area contributed by atoms with Crippen molar-refractivity contribution in [2.75, 3.05) is 6.61 Å². The number of hydrogen-bond acceptors (Lipinski definition) is 4. The highest BCUT2D eigenvalue weighted by Gasteiger charge is 2.23. The molecular formula is C24H27BrN2O2S. The van der Waals surface area contributed by atoms with Crippen LogP contribution in [0.1, 0.15) is 51.0 Å². The summed E-state index contributed by atoms with van der Waals surface area (Å²) in [5.74, 6) is 0.742. The molecule has 0 aliphatic carbocycles. The van der Waals surface area contributed by atoms with Gasteiger partial charge in [0.05, 0.1) is 17.2 Å². The van der Waals surface area contributed by atoms with Crippen LogP contribution >= 0.6 is 27.7 Å². The summed E-state index contributed by atoms with van der Waals surface area (Å²) in [6.07, 6.45) is 9.40. The number of thioether (sulfide) groups is 1. The number of rotatable bonds is 10. The first-order chi connectivity index (χ1) is 14.6. The summed E-state index contributed by atoms with van der Waals surface area (Å²) in [5.41, 5.74) is 1.76. The summed E-state index contributed by atoms with van der Waals surface area (Å²) < 4.78 is 6.82. The van der Waals surface area contributed by atoms with E-state index in [1.165, 1.54) is 43.9 Å². The van der Waals surface area contributed by atoms with Crippen LogP contribution in [0, 0.1) is 0 Å². The number of aliphatic imine (C=N–C) groups is 1. The summed E-state index contributed by atoms with van der Waals surface area (Å²) in [6, 6.07) is 15.5. The zero-order chi connectivity index (χ0) is 21.2. The van der Waals surface area contributed by atoms with Gasteiger partial charge in [-0.15, -0.1) is 0 Å². The number of halogens is 1. The first-order valence-electron chi connectivity index (χ1n) is 10.4. The van der Waals surface area contributed by atoms with Crippen molar-refractivity contribution in [1.82, 2.24) is 5.32 Å². The molecular weight excluding hydrogens is 460 g/mol. The molecule has 1 aliphatic heterocycles. The fourth-order valence-electron chi connectivity index (χ4n) is 3.00. The summed E-state index contributed by atoms with van der Waals surface area (Å²) >= 11 is 4.76. The third-order valence-corrected chi connectivity index (χ3v) is 6.09. The highest BCUT2D eigenvalue weighted by atomic mass is 79.9. The van der Waals surface area contributed by atoms with Crippen molar-refractivity contribution in [3.8, 4) is 5.75 Å². The van der Waals surface area contributed by atoms with Gasteiger partial charge in [0.1, 0.15) is 5.75 Å². The maximum Gasteiger partial charge on any atom is 0.264 e. The van der Waals surface area contributed by atoms with E-state index in [-0.39, 0.29) is 5.91 Å². The number of hydrogen-bond donors (Lipinski definition) is 1. The Balaban J connectivity index is 1.50. The standard InChI is InChI=1S/C24H27BrN2O2S/c1-2-3-4-5-6-7-16-29-21-14-8-18(9-15-21)17-22-23(28)27-24(30-22)26-20-12-10-19(25)11-13-20/h8-15,17H,2-7,16H2,1H3,(H,26,27,28)/b22-17-. The van der Waals surface area contributed by atoms with Gasteiger partial charge in [-0.1, -0.05) is 67.1 Å². The van der Waals surface area contributed by atoms with E-state index in [4.69, 9.17) is 4.74 Å². The lowest BCUT2D eigenvalue weighted by Gasteiger charge is -2.06. The van der Waals surface area contributed by atoms with Crippen LogP contribution in [-0.2, 0) is 4.79 Å². The van der Waals surface area contributed by atoms with Gasteiger partial charge in [-0.2, -0.15) is 0 Å². The van der Waals surface area contributed by atoms with Gasteiger partial charge in [-0.05, 0) is 66.2 Å². The molecule has 4 nitrogen and oxygen atoms in total. The van der Waals surface area contributed by atoms with Gasteiger partial charge < -0.3 is 10.1 Å². The number of ether oxygens (including phenoxy) is 1. The molecule has 1 amide bonds. The number of carbonyl (C=O) groups is 1. The van der Waals surface area contributed by atoms with Crippen molar-refractivity contribution in [2.45, 2.75) is 45.4 Å². The lowest BCUT2D eigenvalue weighted by atomic mass is 10.1. The largest absolute Gasteiger partial charge is 0.494 e.